The molecular weight excluding hydrogens is 204 g/mol. The van der Waals surface area contributed by atoms with E-state index in [2.05, 4.69) is 13.8 Å². The van der Waals surface area contributed by atoms with Crippen molar-refractivity contribution in [3.63, 3.8) is 0 Å². The summed E-state index contributed by atoms with van der Waals surface area (Å²) in [6, 6.07) is 0. The highest BCUT2D eigenvalue weighted by atomic mass is 32.1. The van der Waals surface area contributed by atoms with Gasteiger partial charge in [-0.15, -0.1) is 11.3 Å². The minimum absolute atomic E-state index is 0.179. The first kappa shape index (κ1) is 11.1. The monoisotopic (exact) mass is 224 g/mol. The quantitative estimate of drug-likeness (QED) is 0.857. The van der Waals surface area contributed by atoms with Gasteiger partial charge in [0.05, 0.1) is 11.2 Å². The Kier molecular flexibility index (Phi) is 3.12. The van der Waals surface area contributed by atoms with E-state index in [0.29, 0.717) is 0 Å². The number of rotatable bonds is 3. The number of aryl methyl sites for hydroxylation is 2. The lowest BCUT2D eigenvalue weighted by Gasteiger charge is -2.23. The Bertz CT molecular complexity index is 316. The number of thiazole rings is 1. The van der Waals surface area contributed by atoms with Gasteiger partial charge in [0.15, 0.2) is 0 Å². The zero-order valence-corrected chi connectivity index (χ0v) is 10.5. The van der Waals surface area contributed by atoms with Crippen molar-refractivity contribution in [3.8, 4) is 0 Å². The van der Waals surface area contributed by atoms with E-state index >= 15 is 0 Å². The van der Waals surface area contributed by atoms with Gasteiger partial charge in [-0.2, -0.15) is 0 Å². The van der Waals surface area contributed by atoms with Crippen LogP contribution in [0, 0.1) is 0 Å². The van der Waals surface area contributed by atoms with E-state index in [1.807, 2.05) is 11.3 Å². The van der Waals surface area contributed by atoms with Crippen LogP contribution >= 0.6 is 11.3 Å². The molecule has 1 heterocycles. The first-order valence-electron chi connectivity index (χ1n) is 5.97. The van der Waals surface area contributed by atoms with E-state index in [9.17, 15) is 0 Å². The van der Waals surface area contributed by atoms with Crippen molar-refractivity contribution in [2.75, 3.05) is 0 Å². The van der Waals surface area contributed by atoms with Gasteiger partial charge in [0.1, 0.15) is 5.01 Å². The van der Waals surface area contributed by atoms with Crippen molar-refractivity contribution >= 4 is 11.3 Å². The first-order chi connectivity index (χ1) is 7.19. The Hall–Kier alpha value is -0.410. The Morgan fingerprint density at radius 3 is 2.53 bits per heavy atom. The van der Waals surface area contributed by atoms with Crippen molar-refractivity contribution in [2.45, 2.75) is 57.9 Å². The van der Waals surface area contributed by atoms with Crippen LogP contribution in [-0.2, 0) is 18.4 Å². The highest BCUT2D eigenvalue weighted by Crippen LogP contribution is 2.34. The standard InChI is InChI=1S/C12H20N2S/c1-3-12(13,4-2)11-14-9-7-5-6-8-10(9)15-11/h3-8,13H2,1-2H3. The number of aromatic nitrogens is 1. The van der Waals surface area contributed by atoms with Crippen LogP contribution in [0.2, 0.25) is 0 Å². The molecule has 84 valence electrons. The summed E-state index contributed by atoms with van der Waals surface area (Å²) in [4.78, 5) is 6.25. The summed E-state index contributed by atoms with van der Waals surface area (Å²) >= 11 is 1.86. The second-order valence-electron chi connectivity index (χ2n) is 4.46. The molecule has 0 amide bonds. The first-order valence-corrected chi connectivity index (χ1v) is 6.79. The number of fused-ring (bicyclic) bond motifs is 1. The molecule has 0 saturated heterocycles. The maximum absolute atomic E-state index is 6.38. The molecule has 1 aliphatic carbocycles. The van der Waals surface area contributed by atoms with Crippen LogP contribution < -0.4 is 5.73 Å². The molecule has 15 heavy (non-hydrogen) atoms. The highest BCUT2D eigenvalue weighted by Gasteiger charge is 2.28. The molecule has 0 radical (unpaired) electrons. The van der Waals surface area contributed by atoms with Gasteiger partial charge >= 0.3 is 0 Å². The lowest BCUT2D eigenvalue weighted by atomic mass is 9.95. The molecule has 1 aromatic heterocycles. The second kappa shape index (κ2) is 4.22. The van der Waals surface area contributed by atoms with Crippen molar-refractivity contribution in [3.05, 3.63) is 15.6 Å². The maximum Gasteiger partial charge on any atom is 0.113 e. The minimum atomic E-state index is -0.179. The molecule has 0 unspecified atom stereocenters. The molecule has 0 aromatic carbocycles. The van der Waals surface area contributed by atoms with Gasteiger partial charge in [0.2, 0.25) is 0 Å². The number of nitrogens with zero attached hydrogens (tertiary/aromatic N) is 1. The fourth-order valence-corrected chi connectivity index (χ4v) is 3.51. The number of nitrogens with two attached hydrogens (primary N) is 1. The second-order valence-corrected chi connectivity index (χ2v) is 5.54. The minimum Gasteiger partial charge on any atom is -0.319 e. The summed E-state index contributed by atoms with van der Waals surface area (Å²) in [6.07, 6.45) is 6.97. The third kappa shape index (κ3) is 1.95. The molecule has 3 heteroatoms. The van der Waals surface area contributed by atoms with Crippen LogP contribution in [0.4, 0.5) is 0 Å². The lowest BCUT2D eigenvalue weighted by Crippen LogP contribution is -2.34. The summed E-state index contributed by atoms with van der Waals surface area (Å²) in [7, 11) is 0. The molecule has 1 aliphatic rings. The molecule has 0 fully saturated rings. The van der Waals surface area contributed by atoms with E-state index in [1.54, 1.807) is 0 Å². The van der Waals surface area contributed by atoms with Crippen molar-refractivity contribution in [1.82, 2.24) is 4.98 Å². The Morgan fingerprint density at radius 2 is 1.93 bits per heavy atom. The van der Waals surface area contributed by atoms with Crippen LogP contribution in [0.1, 0.15) is 55.1 Å². The van der Waals surface area contributed by atoms with Gasteiger partial charge in [0.25, 0.3) is 0 Å². The smallest absolute Gasteiger partial charge is 0.113 e. The Balaban J connectivity index is 2.32. The van der Waals surface area contributed by atoms with E-state index in [1.165, 1.54) is 34.8 Å². The van der Waals surface area contributed by atoms with Gasteiger partial charge in [-0.05, 0) is 38.5 Å². The van der Waals surface area contributed by atoms with Gasteiger partial charge in [0, 0.05) is 4.88 Å². The van der Waals surface area contributed by atoms with Crippen LogP contribution in [0.5, 0.6) is 0 Å². The van der Waals surface area contributed by atoms with Gasteiger partial charge in [-0.1, -0.05) is 13.8 Å². The number of hydrogen-bond donors (Lipinski definition) is 1. The van der Waals surface area contributed by atoms with Crippen LogP contribution in [-0.4, -0.2) is 4.98 Å². The van der Waals surface area contributed by atoms with Gasteiger partial charge in [-0.25, -0.2) is 4.98 Å². The summed E-state index contributed by atoms with van der Waals surface area (Å²) < 4.78 is 0. The third-order valence-electron chi connectivity index (χ3n) is 3.53. The lowest BCUT2D eigenvalue weighted by molar-refractivity contribution is 0.409. The average Bonchev–Trinajstić information content (AvgIpc) is 2.72. The fraction of sp³-hybridized carbons (Fsp3) is 0.750. The predicted molar refractivity (Wildman–Crippen MR) is 65.2 cm³/mol. The van der Waals surface area contributed by atoms with Crippen LogP contribution in [0.25, 0.3) is 0 Å². The maximum atomic E-state index is 6.38. The Labute approximate surface area is 95.9 Å². The topological polar surface area (TPSA) is 38.9 Å². The van der Waals surface area contributed by atoms with E-state index in [0.717, 1.165) is 19.3 Å². The number of hydrogen-bond acceptors (Lipinski definition) is 3. The molecule has 0 aliphatic heterocycles. The predicted octanol–water partition coefficient (Wildman–Crippen LogP) is 3.00. The highest BCUT2D eigenvalue weighted by molar-refractivity contribution is 7.11. The van der Waals surface area contributed by atoms with Gasteiger partial charge < -0.3 is 5.73 Å². The molecule has 2 rings (SSSR count). The summed E-state index contributed by atoms with van der Waals surface area (Å²) in [5.74, 6) is 0. The van der Waals surface area contributed by atoms with E-state index in [4.69, 9.17) is 10.7 Å². The zero-order valence-electron chi connectivity index (χ0n) is 9.68. The summed E-state index contributed by atoms with van der Waals surface area (Å²) in [5, 5.41) is 1.17. The van der Waals surface area contributed by atoms with Crippen molar-refractivity contribution < 1.29 is 0 Å². The summed E-state index contributed by atoms with van der Waals surface area (Å²) in [5.41, 5.74) is 7.53. The average molecular weight is 224 g/mol. The van der Waals surface area contributed by atoms with Crippen LogP contribution in [0.15, 0.2) is 0 Å². The molecular formula is C12H20N2S. The van der Waals surface area contributed by atoms with Crippen molar-refractivity contribution in [1.29, 1.82) is 0 Å². The van der Waals surface area contributed by atoms with Gasteiger partial charge in [-0.3, -0.25) is 0 Å². The Morgan fingerprint density at radius 1 is 1.27 bits per heavy atom. The largest absolute Gasteiger partial charge is 0.319 e. The van der Waals surface area contributed by atoms with E-state index in [-0.39, 0.29) is 5.54 Å². The molecule has 0 saturated carbocycles. The summed E-state index contributed by atoms with van der Waals surface area (Å²) in [6.45, 7) is 4.31. The molecule has 0 bridgehead atoms. The van der Waals surface area contributed by atoms with Crippen molar-refractivity contribution in [2.24, 2.45) is 5.73 Å². The normalized spacial score (nSPS) is 16.5. The van der Waals surface area contributed by atoms with Crippen LogP contribution in [0.3, 0.4) is 0 Å². The molecule has 1 aromatic rings. The fourth-order valence-electron chi connectivity index (χ4n) is 2.12. The molecule has 2 nitrogen and oxygen atoms in total. The molecule has 0 spiro atoms. The zero-order chi connectivity index (χ0) is 10.9. The van der Waals surface area contributed by atoms with E-state index < -0.39 is 0 Å². The molecule has 0 atom stereocenters. The molecule has 2 N–H and O–H groups in total. The third-order valence-corrected chi connectivity index (χ3v) is 4.91. The SMILES string of the molecule is CCC(N)(CC)c1nc2c(s1)CCCC2.